The van der Waals surface area contributed by atoms with Gasteiger partial charge in [-0.25, -0.2) is 0 Å². The summed E-state index contributed by atoms with van der Waals surface area (Å²) in [6.45, 7) is 2.99. The van der Waals surface area contributed by atoms with Gasteiger partial charge in [0.25, 0.3) is 0 Å². The van der Waals surface area contributed by atoms with Gasteiger partial charge in [0.2, 0.25) is 0 Å². The van der Waals surface area contributed by atoms with Crippen molar-refractivity contribution in [2.24, 2.45) is 0 Å². The minimum atomic E-state index is 0.121. The van der Waals surface area contributed by atoms with Crippen molar-refractivity contribution in [3.8, 4) is 0 Å². The van der Waals surface area contributed by atoms with E-state index >= 15 is 0 Å². The maximum absolute atomic E-state index is 6.10. The fraction of sp³-hybridized carbons (Fsp3) is 0.200. The second-order valence-corrected chi connectivity index (χ2v) is 6.42. The molecular weight excluding hydrogens is 389 g/mol. The van der Waals surface area contributed by atoms with E-state index in [1.807, 2.05) is 30.3 Å². The van der Waals surface area contributed by atoms with E-state index in [4.69, 9.17) is 11.6 Å². The summed E-state index contributed by atoms with van der Waals surface area (Å²) < 4.78 is 2.15. The molecule has 4 heteroatoms. The minimum absolute atomic E-state index is 0.121. The quantitative estimate of drug-likeness (QED) is 0.704. The van der Waals surface area contributed by atoms with E-state index in [9.17, 15) is 0 Å². The first kappa shape index (κ1) is 15.0. The lowest BCUT2D eigenvalue weighted by atomic mass is 9.99. The van der Waals surface area contributed by atoms with Gasteiger partial charge in [0.1, 0.15) is 0 Å². The largest absolute Gasteiger partial charge is 0.306 e. The minimum Gasteiger partial charge on any atom is -0.306 e. The van der Waals surface area contributed by atoms with Crippen molar-refractivity contribution in [3.05, 3.63) is 67.6 Å². The van der Waals surface area contributed by atoms with Crippen LogP contribution in [0.2, 0.25) is 5.02 Å². The first-order valence-electron chi connectivity index (χ1n) is 6.05. The van der Waals surface area contributed by atoms with E-state index in [2.05, 4.69) is 56.2 Å². The van der Waals surface area contributed by atoms with Gasteiger partial charge in [0.05, 0.1) is 6.04 Å². The number of halogens is 3. The Morgan fingerprint density at radius 1 is 1.16 bits per heavy atom. The van der Waals surface area contributed by atoms with E-state index in [-0.39, 0.29) is 6.04 Å². The number of nitrogens with one attached hydrogen (secondary N) is 1. The Morgan fingerprint density at radius 3 is 2.63 bits per heavy atom. The smallest absolute Gasteiger partial charge is 0.0588 e. The Morgan fingerprint density at radius 2 is 1.95 bits per heavy atom. The maximum Gasteiger partial charge on any atom is 0.0588 e. The summed E-state index contributed by atoms with van der Waals surface area (Å²) in [7, 11) is 0. The van der Waals surface area contributed by atoms with Gasteiger partial charge in [0, 0.05) is 14.0 Å². The lowest BCUT2D eigenvalue weighted by Crippen LogP contribution is -2.22. The van der Waals surface area contributed by atoms with E-state index in [0.29, 0.717) is 0 Å². The number of hydrogen-bond donors (Lipinski definition) is 1. The first-order chi connectivity index (χ1) is 9.11. The molecule has 0 bridgehead atoms. The van der Waals surface area contributed by atoms with E-state index in [1.54, 1.807) is 0 Å². The number of hydrogen-bond acceptors (Lipinski definition) is 1. The standard InChI is InChI=1S/C15H14Br2ClN/c1-2-19-15(10-4-3-5-12(18)8-10)13-9-11(16)6-7-14(13)17/h3-9,15,19H,2H2,1H3. The van der Waals surface area contributed by atoms with Crippen LogP contribution in [0.1, 0.15) is 24.1 Å². The van der Waals surface area contributed by atoms with Gasteiger partial charge < -0.3 is 5.32 Å². The van der Waals surface area contributed by atoms with Gasteiger partial charge in [-0.2, -0.15) is 0 Å². The zero-order valence-electron chi connectivity index (χ0n) is 10.5. The number of rotatable bonds is 4. The highest BCUT2D eigenvalue weighted by Gasteiger charge is 2.16. The van der Waals surface area contributed by atoms with Gasteiger partial charge >= 0.3 is 0 Å². The van der Waals surface area contributed by atoms with Gasteiger partial charge in [-0.3, -0.25) is 0 Å². The maximum atomic E-state index is 6.10. The van der Waals surface area contributed by atoms with Crippen molar-refractivity contribution in [3.63, 3.8) is 0 Å². The second-order valence-electron chi connectivity index (χ2n) is 4.21. The average Bonchev–Trinajstić information content (AvgIpc) is 2.39. The van der Waals surface area contributed by atoms with Crippen LogP contribution in [0.15, 0.2) is 51.4 Å². The lowest BCUT2D eigenvalue weighted by molar-refractivity contribution is 0.628. The molecule has 100 valence electrons. The highest BCUT2D eigenvalue weighted by atomic mass is 79.9. The Balaban J connectivity index is 2.48. The zero-order chi connectivity index (χ0) is 13.8. The predicted molar refractivity (Wildman–Crippen MR) is 88.8 cm³/mol. The van der Waals surface area contributed by atoms with Crippen LogP contribution in [-0.2, 0) is 0 Å². The van der Waals surface area contributed by atoms with Gasteiger partial charge in [-0.15, -0.1) is 0 Å². The summed E-state index contributed by atoms with van der Waals surface area (Å²) in [5.74, 6) is 0. The normalized spacial score (nSPS) is 12.4. The zero-order valence-corrected chi connectivity index (χ0v) is 14.4. The molecule has 1 atom stereocenters. The van der Waals surface area contributed by atoms with Crippen LogP contribution in [0.4, 0.5) is 0 Å². The third-order valence-electron chi connectivity index (χ3n) is 2.86. The molecular formula is C15H14Br2ClN. The Bertz CT molecular complexity index is 572. The molecule has 0 radical (unpaired) electrons. The van der Waals surface area contributed by atoms with Crippen LogP contribution in [-0.4, -0.2) is 6.54 Å². The molecule has 0 heterocycles. The molecule has 0 aliphatic heterocycles. The molecule has 2 aromatic rings. The molecule has 0 spiro atoms. The van der Waals surface area contributed by atoms with E-state index in [0.717, 1.165) is 26.1 Å². The predicted octanol–water partition coefficient (Wildman–Crippen LogP) is 5.56. The van der Waals surface area contributed by atoms with Crippen molar-refractivity contribution in [2.75, 3.05) is 6.54 Å². The van der Waals surface area contributed by atoms with Crippen LogP contribution >= 0.6 is 43.5 Å². The summed E-state index contributed by atoms with van der Waals surface area (Å²) in [6.07, 6.45) is 0. The second kappa shape index (κ2) is 6.89. The van der Waals surface area contributed by atoms with Gasteiger partial charge in [0.15, 0.2) is 0 Å². The SMILES string of the molecule is CCNC(c1cccc(Cl)c1)c1cc(Br)ccc1Br. The molecule has 1 unspecified atom stereocenters. The summed E-state index contributed by atoms with van der Waals surface area (Å²) >= 11 is 13.2. The first-order valence-corrected chi connectivity index (χ1v) is 8.02. The topological polar surface area (TPSA) is 12.0 Å². The molecule has 0 fully saturated rings. The molecule has 0 amide bonds. The molecule has 1 N–H and O–H groups in total. The fourth-order valence-corrected chi connectivity index (χ4v) is 3.09. The van der Waals surface area contributed by atoms with Crippen molar-refractivity contribution in [1.82, 2.24) is 5.32 Å². The van der Waals surface area contributed by atoms with Crippen molar-refractivity contribution < 1.29 is 0 Å². The molecule has 0 aromatic heterocycles. The van der Waals surface area contributed by atoms with Crippen LogP contribution < -0.4 is 5.32 Å². The monoisotopic (exact) mass is 401 g/mol. The third kappa shape index (κ3) is 3.82. The molecule has 19 heavy (non-hydrogen) atoms. The highest BCUT2D eigenvalue weighted by Crippen LogP contribution is 2.31. The Hall–Kier alpha value is -0.350. The third-order valence-corrected chi connectivity index (χ3v) is 4.31. The summed E-state index contributed by atoms with van der Waals surface area (Å²) in [5, 5.41) is 4.26. The van der Waals surface area contributed by atoms with Crippen molar-refractivity contribution >= 4 is 43.5 Å². The van der Waals surface area contributed by atoms with Crippen LogP contribution in [0, 0.1) is 0 Å². The lowest BCUT2D eigenvalue weighted by Gasteiger charge is -2.21. The summed E-state index contributed by atoms with van der Waals surface area (Å²) in [5.41, 5.74) is 2.35. The van der Waals surface area contributed by atoms with Crippen LogP contribution in [0.5, 0.6) is 0 Å². The molecule has 0 aliphatic carbocycles. The highest BCUT2D eigenvalue weighted by molar-refractivity contribution is 9.11. The Labute approximate surface area is 135 Å². The fourth-order valence-electron chi connectivity index (χ4n) is 2.03. The van der Waals surface area contributed by atoms with Gasteiger partial charge in [-0.05, 0) is 48.0 Å². The summed E-state index contributed by atoms with van der Waals surface area (Å²) in [4.78, 5) is 0. The molecule has 2 rings (SSSR count). The molecule has 0 saturated carbocycles. The average molecular weight is 404 g/mol. The van der Waals surface area contributed by atoms with Crippen LogP contribution in [0.25, 0.3) is 0 Å². The van der Waals surface area contributed by atoms with Crippen molar-refractivity contribution in [1.29, 1.82) is 0 Å². The van der Waals surface area contributed by atoms with E-state index < -0.39 is 0 Å². The Kier molecular flexibility index (Phi) is 5.46. The summed E-state index contributed by atoms with van der Waals surface area (Å²) in [6, 6.07) is 14.3. The molecule has 0 saturated heterocycles. The molecule has 2 aromatic carbocycles. The number of benzene rings is 2. The van der Waals surface area contributed by atoms with Gasteiger partial charge in [-0.1, -0.05) is 62.5 Å². The van der Waals surface area contributed by atoms with Crippen molar-refractivity contribution in [2.45, 2.75) is 13.0 Å². The van der Waals surface area contributed by atoms with E-state index in [1.165, 1.54) is 5.56 Å². The molecule has 0 aliphatic rings. The molecule has 1 nitrogen and oxygen atoms in total. The van der Waals surface area contributed by atoms with Crippen LogP contribution in [0.3, 0.4) is 0 Å².